The molecule has 2 heterocycles. The van der Waals surface area contributed by atoms with E-state index in [0.29, 0.717) is 13.0 Å². The van der Waals surface area contributed by atoms with E-state index >= 15 is 0 Å². The van der Waals surface area contributed by atoms with Crippen molar-refractivity contribution in [3.63, 3.8) is 0 Å². The number of nitrogens with zero attached hydrogens (tertiary/aromatic N) is 2. The average molecular weight is 322 g/mol. The Kier molecular flexibility index (Phi) is 4.75. The van der Waals surface area contributed by atoms with Gasteiger partial charge >= 0.3 is 11.0 Å². The van der Waals surface area contributed by atoms with Crippen molar-refractivity contribution < 1.29 is 18.0 Å². The second-order valence-electron chi connectivity index (χ2n) is 5.27. The summed E-state index contributed by atoms with van der Waals surface area (Å²) in [6, 6.07) is 0. The van der Waals surface area contributed by atoms with Gasteiger partial charge in [-0.1, -0.05) is 11.3 Å². The second kappa shape index (κ2) is 6.21. The Morgan fingerprint density at radius 2 is 2.19 bits per heavy atom. The number of carbonyl (C=O) groups excluding carboxylic acids is 1. The van der Waals surface area contributed by atoms with E-state index in [0.717, 1.165) is 17.0 Å². The van der Waals surface area contributed by atoms with Crippen LogP contribution in [0.3, 0.4) is 0 Å². The summed E-state index contributed by atoms with van der Waals surface area (Å²) in [6.07, 6.45) is -3.74. The first-order chi connectivity index (χ1) is 9.79. The summed E-state index contributed by atoms with van der Waals surface area (Å²) >= 11 is 1.06. The van der Waals surface area contributed by atoms with Crippen LogP contribution in [-0.4, -0.2) is 34.6 Å². The number of alkyl halides is 3. The van der Waals surface area contributed by atoms with E-state index in [9.17, 15) is 22.8 Å². The predicted molar refractivity (Wildman–Crippen MR) is 73.3 cm³/mol. The monoisotopic (exact) mass is 322 g/mol. The van der Waals surface area contributed by atoms with Gasteiger partial charge in [0.05, 0.1) is 5.92 Å². The van der Waals surface area contributed by atoms with Crippen LogP contribution < -0.4 is 4.87 Å². The Bertz CT molecular complexity index is 564. The number of rotatable bonds is 3. The molecule has 118 valence electrons. The van der Waals surface area contributed by atoms with Crippen LogP contribution >= 0.6 is 11.3 Å². The number of thiazole rings is 1. The van der Waals surface area contributed by atoms with Crippen LogP contribution in [0.15, 0.2) is 10.2 Å². The Labute approximate surface area is 124 Å². The molecule has 0 radical (unpaired) electrons. The summed E-state index contributed by atoms with van der Waals surface area (Å²) in [5, 5.41) is 1.70. The Morgan fingerprint density at radius 3 is 2.76 bits per heavy atom. The number of piperidine rings is 1. The van der Waals surface area contributed by atoms with Gasteiger partial charge in [-0.2, -0.15) is 13.2 Å². The molecule has 0 spiro atoms. The lowest BCUT2D eigenvalue weighted by atomic mass is 9.97. The van der Waals surface area contributed by atoms with Gasteiger partial charge in [-0.05, 0) is 19.8 Å². The number of aryl methyl sites for hydroxylation is 1. The molecule has 4 nitrogen and oxygen atoms in total. The molecule has 1 atom stereocenters. The van der Waals surface area contributed by atoms with Gasteiger partial charge < -0.3 is 9.47 Å². The van der Waals surface area contributed by atoms with Gasteiger partial charge in [0.2, 0.25) is 5.91 Å². The summed E-state index contributed by atoms with van der Waals surface area (Å²) in [7, 11) is 0. The lowest BCUT2D eigenvalue weighted by Crippen LogP contribution is -2.44. The van der Waals surface area contributed by atoms with E-state index in [1.165, 1.54) is 9.47 Å². The van der Waals surface area contributed by atoms with Gasteiger partial charge in [0.15, 0.2) is 0 Å². The largest absolute Gasteiger partial charge is 0.393 e. The predicted octanol–water partition coefficient (Wildman–Crippen LogP) is 2.41. The molecule has 2 rings (SSSR count). The van der Waals surface area contributed by atoms with E-state index < -0.39 is 12.1 Å². The first kappa shape index (κ1) is 16.1. The summed E-state index contributed by atoms with van der Waals surface area (Å²) in [5.41, 5.74) is 0.768. The standard InChI is InChI=1S/C13H17F3N2O2S/c1-9-8-21-12(20)18(9)6-4-11(19)17-5-2-3-10(7-17)13(14,15)16/h8,10H,2-7H2,1H3/t10-/m0/s1. The van der Waals surface area contributed by atoms with Crippen LogP contribution in [0.25, 0.3) is 0 Å². The topological polar surface area (TPSA) is 42.3 Å². The fraction of sp³-hybridized carbons (Fsp3) is 0.692. The molecule has 1 aliphatic rings. The molecule has 1 aromatic rings. The molecule has 0 aromatic carbocycles. The molecule has 21 heavy (non-hydrogen) atoms. The van der Waals surface area contributed by atoms with Crippen LogP contribution in [-0.2, 0) is 11.3 Å². The molecule has 1 saturated heterocycles. The van der Waals surface area contributed by atoms with E-state index in [1.807, 2.05) is 0 Å². The maximum Gasteiger partial charge on any atom is 0.393 e. The number of likely N-dealkylation sites (tertiary alicyclic amines) is 1. The molecule has 0 bridgehead atoms. The summed E-state index contributed by atoms with van der Waals surface area (Å²) in [5.74, 6) is -1.75. The average Bonchev–Trinajstić information content (AvgIpc) is 2.75. The molecule has 0 N–H and O–H groups in total. The smallest absolute Gasteiger partial charge is 0.342 e. The highest BCUT2D eigenvalue weighted by Gasteiger charge is 2.42. The van der Waals surface area contributed by atoms with Gasteiger partial charge in [-0.25, -0.2) is 0 Å². The minimum atomic E-state index is -4.25. The number of hydrogen-bond donors (Lipinski definition) is 0. The van der Waals surface area contributed by atoms with Crippen LogP contribution in [0, 0.1) is 12.8 Å². The Hall–Kier alpha value is -1.31. The minimum absolute atomic E-state index is 0.0576. The Balaban J connectivity index is 1.93. The van der Waals surface area contributed by atoms with E-state index in [-0.39, 0.29) is 36.7 Å². The highest BCUT2D eigenvalue weighted by atomic mass is 32.1. The van der Waals surface area contributed by atoms with Gasteiger partial charge in [0, 0.05) is 37.1 Å². The number of aromatic nitrogens is 1. The first-order valence-electron chi connectivity index (χ1n) is 6.78. The quantitative estimate of drug-likeness (QED) is 0.858. The lowest BCUT2D eigenvalue weighted by molar-refractivity contribution is -0.188. The van der Waals surface area contributed by atoms with Crippen LogP contribution in [0.4, 0.5) is 13.2 Å². The van der Waals surface area contributed by atoms with Gasteiger partial charge in [-0.15, -0.1) is 0 Å². The summed E-state index contributed by atoms with van der Waals surface area (Å²) in [6.45, 7) is 2.09. The zero-order valence-corrected chi connectivity index (χ0v) is 12.5. The molecule has 1 fully saturated rings. The molecule has 0 unspecified atom stereocenters. The summed E-state index contributed by atoms with van der Waals surface area (Å²) < 4.78 is 39.6. The third-order valence-electron chi connectivity index (χ3n) is 3.76. The van der Waals surface area contributed by atoms with Crippen molar-refractivity contribution in [1.29, 1.82) is 0 Å². The number of hydrogen-bond acceptors (Lipinski definition) is 3. The molecule has 1 amide bonds. The maximum absolute atomic E-state index is 12.7. The summed E-state index contributed by atoms with van der Waals surface area (Å²) in [4.78, 5) is 24.7. The molecule has 8 heteroatoms. The third-order valence-corrected chi connectivity index (χ3v) is 4.64. The van der Waals surface area contributed by atoms with E-state index in [2.05, 4.69) is 0 Å². The van der Waals surface area contributed by atoms with Crippen molar-refractivity contribution >= 4 is 17.2 Å². The van der Waals surface area contributed by atoms with Crippen molar-refractivity contribution in [2.45, 2.75) is 38.9 Å². The SMILES string of the molecule is Cc1csc(=O)n1CCC(=O)N1CCC[C@H](C(F)(F)F)C1. The van der Waals surface area contributed by atoms with Crippen LogP contribution in [0.5, 0.6) is 0 Å². The molecular weight excluding hydrogens is 305 g/mol. The number of amides is 1. The molecular formula is C13H17F3N2O2S. The van der Waals surface area contributed by atoms with Crippen molar-refractivity contribution in [2.24, 2.45) is 5.92 Å². The highest BCUT2D eigenvalue weighted by molar-refractivity contribution is 7.07. The van der Waals surface area contributed by atoms with Crippen LogP contribution in [0.2, 0.25) is 0 Å². The number of halogens is 3. The fourth-order valence-electron chi connectivity index (χ4n) is 2.51. The maximum atomic E-state index is 12.7. The number of carbonyl (C=O) groups is 1. The van der Waals surface area contributed by atoms with Crippen molar-refractivity contribution in [3.05, 3.63) is 20.7 Å². The van der Waals surface area contributed by atoms with Crippen molar-refractivity contribution in [3.8, 4) is 0 Å². The third kappa shape index (κ3) is 3.87. The van der Waals surface area contributed by atoms with Gasteiger partial charge in [0.25, 0.3) is 0 Å². The van der Waals surface area contributed by atoms with Crippen LogP contribution in [0.1, 0.15) is 25.0 Å². The molecule has 0 aliphatic carbocycles. The molecule has 1 aliphatic heterocycles. The van der Waals surface area contributed by atoms with Crippen molar-refractivity contribution in [2.75, 3.05) is 13.1 Å². The van der Waals surface area contributed by atoms with Gasteiger partial charge in [0.1, 0.15) is 0 Å². The van der Waals surface area contributed by atoms with Crippen molar-refractivity contribution in [1.82, 2.24) is 9.47 Å². The fourth-order valence-corrected chi connectivity index (χ4v) is 3.27. The zero-order valence-electron chi connectivity index (χ0n) is 11.7. The minimum Gasteiger partial charge on any atom is -0.342 e. The molecule has 1 aromatic heterocycles. The van der Waals surface area contributed by atoms with E-state index in [4.69, 9.17) is 0 Å². The normalized spacial score (nSPS) is 19.8. The lowest BCUT2D eigenvalue weighted by Gasteiger charge is -2.33. The van der Waals surface area contributed by atoms with E-state index in [1.54, 1.807) is 12.3 Å². The first-order valence-corrected chi connectivity index (χ1v) is 7.66. The Morgan fingerprint density at radius 1 is 1.48 bits per heavy atom. The van der Waals surface area contributed by atoms with Gasteiger partial charge in [-0.3, -0.25) is 9.59 Å². The zero-order chi connectivity index (χ0) is 15.6. The molecule has 0 saturated carbocycles. The second-order valence-corrected chi connectivity index (χ2v) is 6.09. The highest BCUT2D eigenvalue weighted by Crippen LogP contribution is 2.33.